The van der Waals surface area contributed by atoms with Gasteiger partial charge < -0.3 is 15.2 Å². The first-order valence-corrected chi connectivity index (χ1v) is 7.51. The Bertz CT molecular complexity index is 420. The number of hydrogen-bond acceptors (Lipinski definition) is 4. The molecule has 0 aliphatic heterocycles. The molecular formula is C15H23NO4. The quantitative estimate of drug-likeness (QED) is 0.754. The van der Waals surface area contributed by atoms with Crippen molar-refractivity contribution in [2.45, 2.75) is 50.5 Å². The third-order valence-electron chi connectivity index (χ3n) is 5.31. The Morgan fingerprint density at radius 3 is 2.45 bits per heavy atom. The Kier molecular flexibility index (Phi) is 3.27. The van der Waals surface area contributed by atoms with Crippen molar-refractivity contribution >= 4 is 11.9 Å². The van der Waals surface area contributed by atoms with Crippen LogP contribution >= 0.6 is 0 Å². The molecular weight excluding hydrogens is 258 g/mol. The maximum atomic E-state index is 12.0. The summed E-state index contributed by atoms with van der Waals surface area (Å²) in [4.78, 5) is 23.1. The molecule has 0 radical (unpaired) electrons. The average Bonchev–Trinajstić information content (AvgIpc) is 2.32. The monoisotopic (exact) mass is 281 g/mol. The first-order valence-electron chi connectivity index (χ1n) is 7.51. The number of rotatable bonds is 4. The largest absolute Gasteiger partial charge is 0.456 e. The van der Waals surface area contributed by atoms with E-state index in [9.17, 15) is 14.7 Å². The highest BCUT2D eigenvalue weighted by Gasteiger charge is 2.57. The van der Waals surface area contributed by atoms with Gasteiger partial charge in [-0.25, -0.2) is 0 Å². The lowest BCUT2D eigenvalue weighted by Crippen LogP contribution is -2.56. The van der Waals surface area contributed by atoms with Gasteiger partial charge in [0.25, 0.3) is 5.91 Å². The third kappa shape index (κ3) is 2.55. The van der Waals surface area contributed by atoms with E-state index >= 15 is 0 Å². The van der Waals surface area contributed by atoms with Crippen molar-refractivity contribution in [3.8, 4) is 0 Å². The molecule has 4 atom stereocenters. The van der Waals surface area contributed by atoms with E-state index in [1.165, 1.54) is 13.5 Å². The average molecular weight is 281 g/mol. The second-order valence-corrected chi connectivity index (χ2v) is 7.20. The second kappa shape index (κ2) is 4.72. The molecule has 20 heavy (non-hydrogen) atoms. The maximum absolute atomic E-state index is 12.0. The van der Waals surface area contributed by atoms with Crippen LogP contribution in [-0.2, 0) is 14.3 Å². The number of esters is 1. The fraction of sp³-hybridized carbons (Fsp3) is 0.867. The molecule has 0 aromatic rings. The van der Waals surface area contributed by atoms with Crippen LogP contribution in [0, 0.1) is 17.3 Å². The summed E-state index contributed by atoms with van der Waals surface area (Å²) in [5.41, 5.74) is -0.635. The summed E-state index contributed by atoms with van der Waals surface area (Å²) >= 11 is 0. The van der Waals surface area contributed by atoms with Crippen molar-refractivity contribution < 1.29 is 19.4 Å². The molecule has 2 N–H and O–H groups in total. The Labute approximate surface area is 119 Å². The lowest BCUT2D eigenvalue weighted by atomic mass is 9.47. The van der Waals surface area contributed by atoms with Crippen LogP contribution in [0.4, 0.5) is 0 Å². The molecule has 0 aromatic heterocycles. The molecule has 0 aromatic carbocycles. The highest BCUT2D eigenvalue weighted by Crippen LogP contribution is 2.62. The summed E-state index contributed by atoms with van der Waals surface area (Å²) in [5.74, 6) is 0.530. The molecule has 4 aliphatic rings. The standard InChI is InChI=1S/C15H23NO4/c1-16-12(17)8-20-13(18)7-14-3-10-2-11(4-14)6-15(19,5-10)9-14/h10-11,19H,2-9H2,1H3,(H,16,17)/t10-,11+,14?,15?. The van der Waals surface area contributed by atoms with Gasteiger partial charge in [0.1, 0.15) is 0 Å². The molecule has 0 saturated heterocycles. The van der Waals surface area contributed by atoms with Gasteiger partial charge in [0, 0.05) is 7.05 Å². The minimum Gasteiger partial charge on any atom is -0.456 e. The van der Waals surface area contributed by atoms with Crippen molar-refractivity contribution in [3.63, 3.8) is 0 Å². The summed E-state index contributed by atoms with van der Waals surface area (Å²) in [7, 11) is 1.52. The molecule has 4 saturated carbocycles. The third-order valence-corrected chi connectivity index (χ3v) is 5.31. The van der Waals surface area contributed by atoms with Gasteiger partial charge in [-0.1, -0.05) is 0 Å². The lowest BCUT2D eigenvalue weighted by molar-refractivity contribution is -0.177. The highest BCUT2D eigenvalue weighted by atomic mass is 16.5. The Hall–Kier alpha value is -1.10. The zero-order valence-corrected chi connectivity index (χ0v) is 12.0. The van der Waals surface area contributed by atoms with Gasteiger partial charge in [-0.15, -0.1) is 0 Å². The first kappa shape index (κ1) is 13.9. The first-order chi connectivity index (χ1) is 9.42. The predicted octanol–water partition coefficient (Wildman–Crippen LogP) is 0.997. The Morgan fingerprint density at radius 2 is 1.90 bits per heavy atom. The second-order valence-electron chi connectivity index (χ2n) is 7.20. The van der Waals surface area contributed by atoms with Gasteiger partial charge >= 0.3 is 5.97 Å². The number of amides is 1. The van der Waals surface area contributed by atoms with E-state index in [1.54, 1.807) is 0 Å². The zero-order chi connectivity index (χ0) is 14.4. The van der Waals surface area contributed by atoms with Gasteiger partial charge in [-0.2, -0.15) is 0 Å². The number of ether oxygens (including phenoxy) is 1. The summed E-state index contributed by atoms with van der Waals surface area (Å²) in [6.07, 6.45) is 6.14. The van der Waals surface area contributed by atoms with E-state index < -0.39 is 5.60 Å². The maximum Gasteiger partial charge on any atom is 0.306 e. The molecule has 0 spiro atoms. The van der Waals surface area contributed by atoms with Crippen molar-refractivity contribution in [2.75, 3.05) is 13.7 Å². The summed E-state index contributed by atoms with van der Waals surface area (Å²) in [6, 6.07) is 0. The van der Waals surface area contributed by atoms with Crippen LogP contribution in [0.3, 0.4) is 0 Å². The van der Waals surface area contributed by atoms with Crippen molar-refractivity contribution in [2.24, 2.45) is 17.3 Å². The zero-order valence-electron chi connectivity index (χ0n) is 12.0. The molecule has 4 fully saturated rings. The van der Waals surface area contributed by atoms with E-state index in [0.717, 1.165) is 32.1 Å². The van der Waals surface area contributed by atoms with Crippen LogP contribution in [0.5, 0.6) is 0 Å². The smallest absolute Gasteiger partial charge is 0.306 e. The molecule has 1 amide bonds. The molecule has 2 unspecified atom stereocenters. The van der Waals surface area contributed by atoms with Gasteiger partial charge in [-0.3, -0.25) is 9.59 Å². The fourth-order valence-electron chi connectivity index (χ4n) is 5.18. The van der Waals surface area contributed by atoms with E-state index in [1.807, 2.05) is 0 Å². The van der Waals surface area contributed by atoms with Crippen LogP contribution in [0.25, 0.3) is 0 Å². The molecule has 112 valence electrons. The van der Waals surface area contributed by atoms with Crippen LogP contribution in [0.15, 0.2) is 0 Å². The number of aliphatic hydroxyl groups is 1. The number of hydrogen-bond donors (Lipinski definition) is 2. The number of carbonyl (C=O) groups is 2. The van der Waals surface area contributed by atoms with Gasteiger partial charge in [0.05, 0.1) is 12.0 Å². The fourth-order valence-corrected chi connectivity index (χ4v) is 5.18. The van der Waals surface area contributed by atoms with E-state index in [0.29, 0.717) is 18.3 Å². The molecule has 4 rings (SSSR count). The number of nitrogens with one attached hydrogen (secondary N) is 1. The molecule has 5 nitrogen and oxygen atoms in total. The van der Waals surface area contributed by atoms with Crippen LogP contribution in [-0.4, -0.2) is 36.2 Å². The van der Waals surface area contributed by atoms with Crippen molar-refractivity contribution in [3.05, 3.63) is 0 Å². The van der Waals surface area contributed by atoms with Crippen LogP contribution < -0.4 is 5.32 Å². The van der Waals surface area contributed by atoms with Gasteiger partial charge in [-0.05, 0) is 55.8 Å². The minimum absolute atomic E-state index is 0.0847. The predicted molar refractivity (Wildman–Crippen MR) is 71.7 cm³/mol. The number of likely N-dealkylation sites (N-methyl/N-ethyl adjacent to an activating group) is 1. The van der Waals surface area contributed by atoms with E-state index in [4.69, 9.17) is 4.74 Å². The van der Waals surface area contributed by atoms with Crippen LogP contribution in [0.1, 0.15) is 44.9 Å². The number of carbonyl (C=O) groups excluding carboxylic acids is 2. The minimum atomic E-state index is -0.550. The molecule has 4 aliphatic carbocycles. The normalized spacial score (nSPS) is 41.5. The van der Waals surface area contributed by atoms with E-state index in [-0.39, 0.29) is 23.9 Å². The SMILES string of the molecule is CNC(=O)COC(=O)CC12C[C@@H]3C[C@@H](CC(O)(C3)C1)C2. The summed E-state index contributed by atoms with van der Waals surface area (Å²) in [5, 5.41) is 13.1. The summed E-state index contributed by atoms with van der Waals surface area (Å²) < 4.78 is 5.03. The summed E-state index contributed by atoms with van der Waals surface area (Å²) in [6.45, 7) is -0.206. The van der Waals surface area contributed by atoms with E-state index in [2.05, 4.69) is 5.32 Å². The van der Waals surface area contributed by atoms with Crippen LogP contribution in [0.2, 0.25) is 0 Å². The van der Waals surface area contributed by atoms with Gasteiger partial charge in [0.15, 0.2) is 6.61 Å². The highest BCUT2D eigenvalue weighted by molar-refractivity contribution is 5.80. The molecule has 0 heterocycles. The lowest BCUT2D eigenvalue weighted by Gasteiger charge is -2.60. The van der Waals surface area contributed by atoms with Gasteiger partial charge in [0.2, 0.25) is 0 Å². The van der Waals surface area contributed by atoms with Crippen molar-refractivity contribution in [1.29, 1.82) is 0 Å². The molecule has 5 heteroatoms. The Balaban J connectivity index is 1.62. The Morgan fingerprint density at radius 1 is 1.25 bits per heavy atom. The molecule has 4 bridgehead atoms. The topological polar surface area (TPSA) is 75.6 Å². The van der Waals surface area contributed by atoms with Crippen molar-refractivity contribution in [1.82, 2.24) is 5.32 Å².